The van der Waals surface area contributed by atoms with E-state index in [1.165, 1.54) is 12.1 Å². The van der Waals surface area contributed by atoms with Gasteiger partial charge in [-0.05, 0) is 37.3 Å². The molecule has 0 atom stereocenters. The van der Waals surface area contributed by atoms with Crippen LogP contribution >= 0.6 is 11.6 Å². The van der Waals surface area contributed by atoms with Crippen LogP contribution in [0.2, 0.25) is 5.02 Å². The molecule has 0 spiro atoms. The average molecular weight is 354 g/mol. The summed E-state index contributed by atoms with van der Waals surface area (Å²) in [6, 6.07) is 15.3. The van der Waals surface area contributed by atoms with E-state index in [1.807, 2.05) is 6.07 Å². The number of benzene rings is 2. The van der Waals surface area contributed by atoms with Crippen molar-refractivity contribution < 1.29 is 4.39 Å². The molecule has 1 aromatic heterocycles. The molecule has 0 fully saturated rings. The van der Waals surface area contributed by atoms with E-state index in [9.17, 15) is 9.65 Å². The molecule has 0 saturated carbocycles. The minimum atomic E-state index is -0.485. The molecule has 0 aliphatic carbocycles. The van der Waals surface area contributed by atoms with E-state index < -0.39 is 5.82 Å². The van der Waals surface area contributed by atoms with Crippen LogP contribution in [0.5, 0.6) is 0 Å². The summed E-state index contributed by atoms with van der Waals surface area (Å²) >= 11 is 5.79. The number of para-hydroxylation sites is 1. The predicted molar refractivity (Wildman–Crippen MR) is 95.9 cm³/mol. The van der Waals surface area contributed by atoms with Crippen LogP contribution in [0.25, 0.3) is 0 Å². The maximum Gasteiger partial charge on any atom is 0.141 e. The van der Waals surface area contributed by atoms with Gasteiger partial charge < -0.3 is 10.6 Å². The Balaban J connectivity index is 1.88. The third kappa shape index (κ3) is 4.03. The Morgan fingerprint density at radius 3 is 2.48 bits per heavy atom. The lowest BCUT2D eigenvalue weighted by Gasteiger charge is -2.11. The topological polar surface area (TPSA) is 73.6 Å². The summed E-state index contributed by atoms with van der Waals surface area (Å²) in [5.74, 6) is 1.11. The van der Waals surface area contributed by atoms with E-state index in [-0.39, 0.29) is 5.02 Å². The lowest BCUT2D eigenvalue weighted by atomic mass is 10.2. The second-order valence-corrected chi connectivity index (χ2v) is 5.63. The van der Waals surface area contributed by atoms with Crippen LogP contribution in [-0.4, -0.2) is 9.97 Å². The Kier molecular flexibility index (Phi) is 4.78. The van der Waals surface area contributed by atoms with Crippen molar-refractivity contribution in [2.75, 3.05) is 10.6 Å². The highest BCUT2D eigenvalue weighted by molar-refractivity contribution is 6.31. The van der Waals surface area contributed by atoms with Crippen LogP contribution in [0, 0.1) is 24.1 Å². The van der Waals surface area contributed by atoms with Gasteiger partial charge in [0.05, 0.1) is 16.3 Å². The van der Waals surface area contributed by atoms with Crippen molar-refractivity contribution in [3.05, 3.63) is 70.8 Å². The molecule has 1 heterocycles. The van der Waals surface area contributed by atoms with Gasteiger partial charge in [0.2, 0.25) is 0 Å². The Labute approximate surface area is 149 Å². The monoisotopic (exact) mass is 353 g/mol. The molecule has 0 aliphatic rings. The largest absolute Gasteiger partial charge is 0.340 e. The van der Waals surface area contributed by atoms with Gasteiger partial charge in [-0.25, -0.2) is 14.4 Å². The number of nitrogens with zero attached hydrogens (tertiary/aromatic N) is 3. The minimum absolute atomic E-state index is 0.0251. The van der Waals surface area contributed by atoms with Gasteiger partial charge >= 0.3 is 0 Å². The predicted octanol–water partition coefficient (Wildman–Crippen LogP) is 4.94. The van der Waals surface area contributed by atoms with Gasteiger partial charge in [-0.3, -0.25) is 0 Å². The number of aryl methyl sites for hydroxylation is 1. The highest BCUT2D eigenvalue weighted by atomic mass is 35.5. The molecule has 25 heavy (non-hydrogen) atoms. The number of rotatable bonds is 4. The number of hydrogen-bond donors (Lipinski definition) is 2. The summed E-state index contributed by atoms with van der Waals surface area (Å²) in [4.78, 5) is 8.62. The molecule has 0 unspecified atom stereocenters. The molecule has 2 N–H and O–H groups in total. The van der Waals surface area contributed by atoms with E-state index in [1.54, 1.807) is 37.3 Å². The molecule has 0 saturated heterocycles. The molecule has 0 bridgehead atoms. The van der Waals surface area contributed by atoms with E-state index in [4.69, 9.17) is 11.6 Å². The van der Waals surface area contributed by atoms with Crippen molar-refractivity contribution in [1.82, 2.24) is 9.97 Å². The van der Waals surface area contributed by atoms with Crippen LogP contribution in [0.4, 0.5) is 27.4 Å². The Morgan fingerprint density at radius 1 is 1.04 bits per heavy atom. The first-order chi connectivity index (χ1) is 12.0. The number of nitrogens with one attached hydrogen (secondary N) is 2. The molecule has 0 amide bonds. The summed E-state index contributed by atoms with van der Waals surface area (Å²) in [6.07, 6.45) is 0. The summed E-state index contributed by atoms with van der Waals surface area (Å²) in [6.45, 7) is 1.75. The zero-order valence-corrected chi connectivity index (χ0v) is 14.0. The van der Waals surface area contributed by atoms with Crippen molar-refractivity contribution in [1.29, 1.82) is 5.26 Å². The molecule has 2 aromatic carbocycles. The van der Waals surface area contributed by atoms with Gasteiger partial charge in [0.25, 0.3) is 0 Å². The van der Waals surface area contributed by atoms with E-state index in [2.05, 4.69) is 26.7 Å². The maximum atomic E-state index is 13.3. The van der Waals surface area contributed by atoms with Gasteiger partial charge in [-0.15, -0.1) is 0 Å². The first-order valence-corrected chi connectivity index (χ1v) is 7.77. The second-order valence-electron chi connectivity index (χ2n) is 5.22. The van der Waals surface area contributed by atoms with Gasteiger partial charge in [0.15, 0.2) is 0 Å². The van der Waals surface area contributed by atoms with Crippen LogP contribution in [0.3, 0.4) is 0 Å². The van der Waals surface area contributed by atoms with Crippen molar-refractivity contribution in [2.24, 2.45) is 0 Å². The maximum absolute atomic E-state index is 13.3. The van der Waals surface area contributed by atoms with Crippen molar-refractivity contribution >= 4 is 34.6 Å². The van der Waals surface area contributed by atoms with E-state index in [0.717, 1.165) is 0 Å². The number of hydrogen-bond acceptors (Lipinski definition) is 5. The number of nitriles is 1. The molecule has 0 aliphatic heterocycles. The highest BCUT2D eigenvalue weighted by Crippen LogP contribution is 2.24. The molecular weight excluding hydrogens is 341 g/mol. The Bertz CT molecular complexity index is 968. The van der Waals surface area contributed by atoms with Gasteiger partial charge in [0, 0.05) is 11.8 Å². The van der Waals surface area contributed by atoms with Crippen LogP contribution in [0.15, 0.2) is 48.5 Å². The molecular formula is C18H13ClFN5. The Hall–Kier alpha value is -3.17. The fraction of sp³-hybridized carbons (Fsp3) is 0.0556. The Morgan fingerprint density at radius 2 is 1.76 bits per heavy atom. The lowest BCUT2D eigenvalue weighted by molar-refractivity contribution is 0.628. The van der Waals surface area contributed by atoms with Crippen LogP contribution in [0.1, 0.15) is 11.4 Å². The molecule has 124 valence electrons. The van der Waals surface area contributed by atoms with Crippen LogP contribution in [-0.2, 0) is 0 Å². The normalized spacial score (nSPS) is 10.2. The van der Waals surface area contributed by atoms with Crippen LogP contribution < -0.4 is 10.6 Å². The molecule has 5 nitrogen and oxygen atoms in total. The van der Waals surface area contributed by atoms with Gasteiger partial charge in [0.1, 0.15) is 29.3 Å². The SMILES string of the molecule is Cc1nc(Nc2ccc(F)c(Cl)c2)cc(Nc2ccccc2C#N)n1. The third-order valence-corrected chi connectivity index (χ3v) is 3.63. The van der Waals surface area contributed by atoms with E-state index in [0.29, 0.717) is 34.4 Å². The number of anilines is 4. The fourth-order valence-corrected chi connectivity index (χ4v) is 2.43. The first-order valence-electron chi connectivity index (χ1n) is 7.39. The summed E-state index contributed by atoms with van der Waals surface area (Å²) in [7, 11) is 0. The van der Waals surface area contributed by atoms with Gasteiger partial charge in [-0.2, -0.15) is 5.26 Å². The minimum Gasteiger partial charge on any atom is -0.340 e. The molecule has 7 heteroatoms. The summed E-state index contributed by atoms with van der Waals surface area (Å²) in [5.41, 5.74) is 1.77. The third-order valence-electron chi connectivity index (χ3n) is 3.34. The lowest BCUT2D eigenvalue weighted by Crippen LogP contribution is -2.02. The highest BCUT2D eigenvalue weighted by Gasteiger charge is 2.07. The second kappa shape index (κ2) is 7.16. The number of halogens is 2. The average Bonchev–Trinajstić information content (AvgIpc) is 2.58. The standard InChI is InChI=1S/C18H13ClFN5/c1-11-22-17(24-13-6-7-15(20)14(19)8-13)9-18(23-11)25-16-5-3-2-4-12(16)10-21/h2-9H,1H3,(H2,22,23,24,25). The molecule has 0 radical (unpaired) electrons. The summed E-state index contributed by atoms with van der Waals surface area (Å²) in [5, 5.41) is 15.4. The van der Waals surface area contributed by atoms with Crippen molar-refractivity contribution in [2.45, 2.75) is 6.92 Å². The smallest absolute Gasteiger partial charge is 0.141 e. The van der Waals surface area contributed by atoms with Crippen molar-refractivity contribution in [3.63, 3.8) is 0 Å². The molecule has 3 aromatic rings. The number of aromatic nitrogens is 2. The zero-order chi connectivity index (χ0) is 17.8. The van der Waals surface area contributed by atoms with E-state index >= 15 is 0 Å². The summed E-state index contributed by atoms with van der Waals surface area (Å²) < 4.78 is 13.3. The van der Waals surface area contributed by atoms with Gasteiger partial charge in [-0.1, -0.05) is 23.7 Å². The molecule has 3 rings (SSSR count). The zero-order valence-electron chi connectivity index (χ0n) is 13.2. The first kappa shape index (κ1) is 16.7. The van der Waals surface area contributed by atoms with Crippen molar-refractivity contribution in [3.8, 4) is 6.07 Å². The quantitative estimate of drug-likeness (QED) is 0.695. The fourth-order valence-electron chi connectivity index (χ4n) is 2.25.